The molecule has 17 heavy (non-hydrogen) atoms. The van der Waals surface area contributed by atoms with Crippen molar-refractivity contribution in [3.05, 3.63) is 34.9 Å². The molecule has 0 saturated carbocycles. The first-order valence-corrected chi connectivity index (χ1v) is 5.95. The van der Waals surface area contributed by atoms with Gasteiger partial charge in [0.05, 0.1) is 6.61 Å². The Bertz CT molecular complexity index is 359. The number of hydrogen-bond acceptors (Lipinski definition) is 2. The monoisotopic (exact) mass is 256 g/mol. The minimum absolute atomic E-state index is 0.293. The second-order valence-corrected chi connectivity index (χ2v) is 4.83. The van der Waals surface area contributed by atoms with E-state index < -0.39 is 12.1 Å². The fourth-order valence-electron chi connectivity index (χ4n) is 1.45. The summed E-state index contributed by atoms with van der Waals surface area (Å²) in [5.74, 6) is -0.617. The lowest BCUT2D eigenvalue weighted by Crippen LogP contribution is -2.25. The molecule has 0 spiro atoms. The minimum atomic E-state index is -0.910. The van der Waals surface area contributed by atoms with Gasteiger partial charge in [0.1, 0.15) is 0 Å². The molecule has 0 aromatic heterocycles. The van der Waals surface area contributed by atoms with Crippen LogP contribution in [0.2, 0.25) is 5.02 Å². The Morgan fingerprint density at radius 3 is 2.41 bits per heavy atom. The topological polar surface area (TPSA) is 46.5 Å². The number of rotatable bonds is 6. The Kier molecular flexibility index (Phi) is 5.45. The number of ether oxygens (including phenoxy) is 1. The van der Waals surface area contributed by atoms with E-state index in [1.807, 2.05) is 26.0 Å². The van der Waals surface area contributed by atoms with Crippen LogP contribution in [0.25, 0.3) is 0 Å². The van der Waals surface area contributed by atoms with Gasteiger partial charge in [-0.05, 0) is 30.0 Å². The van der Waals surface area contributed by atoms with Crippen molar-refractivity contribution >= 4 is 17.6 Å². The van der Waals surface area contributed by atoms with Gasteiger partial charge in [0.2, 0.25) is 0 Å². The molecule has 0 aliphatic carbocycles. The van der Waals surface area contributed by atoms with E-state index in [4.69, 9.17) is 21.4 Å². The summed E-state index contributed by atoms with van der Waals surface area (Å²) >= 11 is 5.76. The van der Waals surface area contributed by atoms with Gasteiger partial charge in [0, 0.05) is 5.02 Å². The fourth-order valence-corrected chi connectivity index (χ4v) is 1.57. The molecule has 1 aromatic carbocycles. The number of halogens is 1. The summed E-state index contributed by atoms with van der Waals surface area (Å²) in [5.41, 5.74) is 0.921. The Hall–Kier alpha value is -1.06. The van der Waals surface area contributed by atoms with Crippen molar-refractivity contribution in [1.29, 1.82) is 0 Å². The van der Waals surface area contributed by atoms with Crippen molar-refractivity contribution in [3.63, 3.8) is 0 Å². The standard InChI is InChI=1S/C13H17ClO3/c1-9(2)7-12(13(15)16)17-8-10-3-5-11(14)6-4-10/h3-6,9,12H,7-8H2,1-2H3,(H,15,16). The molecule has 94 valence electrons. The molecule has 0 saturated heterocycles. The molecule has 0 aliphatic heterocycles. The summed E-state index contributed by atoms with van der Waals surface area (Å²) in [4.78, 5) is 11.0. The maximum Gasteiger partial charge on any atom is 0.332 e. The van der Waals surface area contributed by atoms with Crippen molar-refractivity contribution in [2.45, 2.75) is 33.0 Å². The number of carbonyl (C=O) groups is 1. The van der Waals surface area contributed by atoms with Gasteiger partial charge in [0.25, 0.3) is 0 Å². The number of aliphatic carboxylic acids is 1. The molecular weight excluding hydrogens is 240 g/mol. The smallest absolute Gasteiger partial charge is 0.332 e. The van der Waals surface area contributed by atoms with Crippen LogP contribution in [0.5, 0.6) is 0 Å². The van der Waals surface area contributed by atoms with Crippen LogP contribution in [0.1, 0.15) is 25.8 Å². The van der Waals surface area contributed by atoms with Crippen LogP contribution in [0.3, 0.4) is 0 Å². The van der Waals surface area contributed by atoms with E-state index in [2.05, 4.69) is 0 Å². The van der Waals surface area contributed by atoms with Crippen LogP contribution in [0.4, 0.5) is 0 Å². The predicted molar refractivity (Wildman–Crippen MR) is 67.1 cm³/mol. The maximum atomic E-state index is 11.0. The highest BCUT2D eigenvalue weighted by Gasteiger charge is 2.19. The molecule has 1 rings (SSSR count). The van der Waals surface area contributed by atoms with Crippen LogP contribution >= 0.6 is 11.6 Å². The molecule has 1 unspecified atom stereocenters. The first-order valence-electron chi connectivity index (χ1n) is 5.58. The number of carboxylic acids is 1. The van der Waals surface area contributed by atoms with Crippen molar-refractivity contribution in [2.75, 3.05) is 0 Å². The van der Waals surface area contributed by atoms with E-state index in [1.54, 1.807) is 12.1 Å². The Labute approximate surface area is 106 Å². The van der Waals surface area contributed by atoms with Gasteiger partial charge in [-0.25, -0.2) is 4.79 Å². The summed E-state index contributed by atoms with van der Waals surface area (Å²) in [6.45, 7) is 4.24. The highest BCUT2D eigenvalue weighted by molar-refractivity contribution is 6.30. The molecule has 4 heteroatoms. The molecule has 0 amide bonds. The van der Waals surface area contributed by atoms with Crippen molar-refractivity contribution in [1.82, 2.24) is 0 Å². The van der Waals surface area contributed by atoms with Gasteiger partial charge in [-0.15, -0.1) is 0 Å². The van der Waals surface area contributed by atoms with Gasteiger partial charge in [-0.2, -0.15) is 0 Å². The third-order valence-corrected chi connectivity index (χ3v) is 2.58. The van der Waals surface area contributed by atoms with Crippen molar-refractivity contribution < 1.29 is 14.6 Å². The summed E-state index contributed by atoms with van der Waals surface area (Å²) in [5, 5.41) is 9.66. The first kappa shape index (κ1) is 14.0. The molecule has 1 atom stereocenters. The molecular formula is C13H17ClO3. The van der Waals surface area contributed by atoms with E-state index in [-0.39, 0.29) is 0 Å². The lowest BCUT2D eigenvalue weighted by molar-refractivity contribution is -0.152. The zero-order valence-electron chi connectivity index (χ0n) is 10.0. The highest BCUT2D eigenvalue weighted by atomic mass is 35.5. The van der Waals surface area contributed by atoms with E-state index in [0.717, 1.165) is 5.56 Å². The minimum Gasteiger partial charge on any atom is -0.479 e. The quantitative estimate of drug-likeness (QED) is 0.849. The van der Waals surface area contributed by atoms with Crippen molar-refractivity contribution in [2.24, 2.45) is 5.92 Å². The molecule has 0 fully saturated rings. The third kappa shape index (κ3) is 5.20. The average Bonchev–Trinajstić information content (AvgIpc) is 2.25. The second kappa shape index (κ2) is 6.62. The normalized spacial score (nSPS) is 12.7. The predicted octanol–water partition coefficient (Wildman–Crippen LogP) is 3.36. The molecule has 3 nitrogen and oxygen atoms in total. The summed E-state index contributed by atoms with van der Waals surface area (Å²) in [7, 11) is 0. The van der Waals surface area contributed by atoms with Gasteiger partial charge in [-0.1, -0.05) is 37.6 Å². The van der Waals surface area contributed by atoms with Crippen LogP contribution in [0, 0.1) is 5.92 Å². The van der Waals surface area contributed by atoms with Gasteiger partial charge >= 0.3 is 5.97 Å². The van der Waals surface area contributed by atoms with E-state index in [9.17, 15) is 4.79 Å². The lowest BCUT2D eigenvalue weighted by atomic mass is 10.1. The molecule has 0 bridgehead atoms. The molecule has 1 N–H and O–H groups in total. The van der Waals surface area contributed by atoms with Gasteiger partial charge in [-0.3, -0.25) is 0 Å². The van der Waals surface area contributed by atoms with Crippen LogP contribution in [-0.4, -0.2) is 17.2 Å². The highest BCUT2D eigenvalue weighted by Crippen LogP contribution is 2.14. The number of carboxylic acid groups (broad SMARTS) is 1. The second-order valence-electron chi connectivity index (χ2n) is 4.39. The van der Waals surface area contributed by atoms with Crippen molar-refractivity contribution in [3.8, 4) is 0 Å². The average molecular weight is 257 g/mol. The molecule has 1 aromatic rings. The molecule has 0 aliphatic rings. The largest absolute Gasteiger partial charge is 0.479 e. The summed E-state index contributed by atoms with van der Waals surface area (Å²) < 4.78 is 5.40. The van der Waals surface area contributed by atoms with Crippen LogP contribution in [0.15, 0.2) is 24.3 Å². The zero-order valence-corrected chi connectivity index (χ0v) is 10.8. The molecule has 0 heterocycles. The third-order valence-electron chi connectivity index (χ3n) is 2.33. The Balaban J connectivity index is 2.51. The zero-order chi connectivity index (χ0) is 12.8. The number of benzene rings is 1. The lowest BCUT2D eigenvalue weighted by Gasteiger charge is -2.15. The van der Waals surface area contributed by atoms with Gasteiger partial charge in [0.15, 0.2) is 6.10 Å². The first-order chi connectivity index (χ1) is 7.99. The van der Waals surface area contributed by atoms with E-state index in [0.29, 0.717) is 24.0 Å². The van der Waals surface area contributed by atoms with Crippen LogP contribution in [-0.2, 0) is 16.1 Å². The summed E-state index contributed by atoms with van der Waals surface area (Å²) in [6, 6.07) is 7.18. The fraction of sp³-hybridized carbons (Fsp3) is 0.462. The van der Waals surface area contributed by atoms with E-state index in [1.165, 1.54) is 0 Å². The SMILES string of the molecule is CC(C)CC(OCc1ccc(Cl)cc1)C(=O)O. The van der Waals surface area contributed by atoms with E-state index >= 15 is 0 Å². The Morgan fingerprint density at radius 1 is 1.35 bits per heavy atom. The number of hydrogen-bond donors (Lipinski definition) is 1. The van der Waals surface area contributed by atoms with Crippen LogP contribution < -0.4 is 0 Å². The Morgan fingerprint density at radius 2 is 1.94 bits per heavy atom. The molecule has 0 radical (unpaired) electrons. The summed E-state index contributed by atoms with van der Waals surface area (Å²) in [6.07, 6.45) is -0.228. The van der Waals surface area contributed by atoms with Gasteiger partial charge < -0.3 is 9.84 Å². The maximum absolute atomic E-state index is 11.0.